The Bertz CT molecular complexity index is 824. The topological polar surface area (TPSA) is 84.4 Å². The first-order chi connectivity index (χ1) is 16.5. The summed E-state index contributed by atoms with van der Waals surface area (Å²) in [5.74, 6) is -0.849. The number of hydrogen-bond donors (Lipinski definition) is 1. The van der Waals surface area contributed by atoms with Crippen molar-refractivity contribution in [2.24, 2.45) is 5.92 Å². The molecule has 4 rings (SSSR count). The molecule has 2 amide bonds. The lowest BCUT2D eigenvalue weighted by atomic mass is 9.94. The van der Waals surface area contributed by atoms with Crippen molar-refractivity contribution < 1.29 is 19.5 Å². The van der Waals surface area contributed by atoms with Crippen LogP contribution < -0.4 is 0 Å². The van der Waals surface area contributed by atoms with Gasteiger partial charge in [0.15, 0.2) is 0 Å². The third-order valence-corrected chi connectivity index (χ3v) is 7.70. The average Bonchev–Trinajstić information content (AvgIpc) is 2.88. The van der Waals surface area contributed by atoms with Gasteiger partial charge in [-0.05, 0) is 44.3 Å². The minimum atomic E-state index is -0.949. The summed E-state index contributed by atoms with van der Waals surface area (Å²) in [6.45, 7) is 7.86. The Balaban J connectivity index is 1.15. The first-order valence-electron chi connectivity index (χ1n) is 12.8. The summed E-state index contributed by atoms with van der Waals surface area (Å²) in [5, 5.41) is 8.76. The fourth-order valence-corrected chi connectivity index (χ4v) is 5.60. The van der Waals surface area contributed by atoms with Crippen LogP contribution in [-0.4, -0.2) is 101 Å². The summed E-state index contributed by atoms with van der Waals surface area (Å²) >= 11 is 0. The van der Waals surface area contributed by atoms with Crippen LogP contribution in [-0.2, 0) is 20.9 Å². The molecule has 0 spiro atoms. The molecule has 8 nitrogen and oxygen atoms in total. The van der Waals surface area contributed by atoms with Crippen molar-refractivity contribution in [3.63, 3.8) is 0 Å². The van der Waals surface area contributed by atoms with Gasteiger partial charge in [0.1, 0.15) is 0 Å². The van der Waals surface area contributed by atoms with Gasteiger partial charge < -0.3 is 14.9 Å². The maximum atomic E-state index is 13.1. The van der Waals surface area contributed by atoms with Gasteiger partial charge in [-0.25, -0.2) is 0 Å². The predicted molar refractivity (Wildman–Crippen MR) is 129 cm³/mol. The molecule has 0 bridgehead atoms. The Morgan fingerprint density at radius 2 is 1.41 bits per heavy atom. The van der Waals surface area contributed by atoms with Crippen LogP contribution in [0.5, 0.6) is 0 Å². The van der Waals surface area contributed by atoms with E-state index in [1.165, 1.54) is 18.4 Å². The first-order valence-corrected chi connectivity index (χ1v) is 12.8. The number of piperazine rings is 1. The van der Waals surface area contributed by atoms with Gasteiger partial charge in [-0.3, -0.25) is 24.2 Å². The minimum absolute atomic E-state index is 0.0173. The first kappa shape index (κ1) is 24.7. The second-order valence-corrected chi connectivity index (χ2v) is 9.90. The average molecular weight is 471 g/mol. The summed E-state index contributed by atoms with van der Waals surface area (Å²) in [4.78, 5) is 44.7. The Labute approximate surface area is 202 Å². The Morgan fingerprint density at radius 3 is 2.03 bits per heavy atom. The molecule has 1 N–H and O–H groups in total. The highest BCUT2D eigenvalue weighted by molar-refractivity contribution is 5.82. The zero-order chi connectivity index (χ0) is 23.9. The molecule has 3 saturated heterocycles. The smallest absolute Gasteiger partial charge is 0.303 e. The van der Waals surface area contributed by atoms with E-state index >= 15 is 0 Å². The number of aliphatic carboxylic acids is 1. The molecule has 0 atom stereocenters. The molecule has 0 radical (unpaired) electrons. The van der Waals surface area contributed by atoms with E-state index in [2.05, 4.69) is 40.1 Å². The van der Waals surface area contributed by atoms with Crippen LogP contribution in [0.3, 0.4) is 0 Å². The van der Waals surface area contributed by atoms with E-state index in [9.17, 15) is 14.4 Å². The van der Waals surface area contributed by atoms with Gasteiger partial charge in [-0.2, -0.15) is 0 Å². The van der Waals surface area contributed by atoms with Crippen LogP contribution in [0, 0.1) is 5.92 Å². The van der Waals surface area contributed by atoms with Gasteiger partial charge in [0.25, 0.3) is 0 Å². The van der Waals surface area contributed by atoms with Gasteiger partial charge in [-0.15, -0.1) is 0 Å². The quantitative estimate of drug-likeness (QED) is 0.655. The van der Waals surface area contributed by atoms with Crippen LogP contribution in [0.15, 0.2) is 30.3 Å². The SMILES string of the molecule is O=C(O)CCC(=O)N1CCC(C(=O)N2CCN(C3CCN(Cc4ccccc4)CC3)CC2)CC1. The number of piperidine rings is 2. The Morgan fingerprint density at radius 1 is 0.765 bits per heavy atom. The van der Waals surface area contributed by atoms with E-state index in [1.54, 1.807) is 4.90 Å². The Kier molecular flexibility index (Phi) is 8.56. The van der Waals surface area contributed by atoms with E-state index in [-0.39, 0.29) is 30.6 Å². The normalized spacial score (nSPS) is 21.5. The molecule has 1 aromatic rings. The molecule has 3 aliphatic heterocycles. The zero-order valence-electron chi connectivity index (χ0n) is 20.1. The van der Waals surface area contributed by atoms with E-state index < -0.39 is 5.97 Å². The summed E-state index contributed by atoms with van der Waals surface area (Å²) < 4.78 is 0. The molecule has 8 heteroatoms. The van der Waals surface area contributed by atoms with Gasteiger partial charge >= 0.3 is 5.97 Å². The molecule has 0 aliphatic carbocycles. The number of carbonyl (C=O) groups excluding carboxylic acids is 2. The van der Waals surface area contributed by atoms with Crippen molar-refractivity contribution in [2.45, 2.75) is 51.1 Å². The maximum absolute atomic E-state index is 13.1. The number of benzene rings is 1. The summed E-state index contributed by atoms with van der Waals surface area (Å²) in [7, 11) is 0. The highest BCUT2D eigenvalue weighted by Crippen LogP contribution is 2.23. The second-order valence-electron chi connectivity index (χ2n) is 9.90. The van der Waals surface area contributed by atoms with Crippen LogP contribution >= 0.6 is 0 Å². The summed E-state index contributed by atoms with van der Waals surface area (Å²) in [6.07, 6.45) is 3.65. The number of nitrogens with zero attached hydrogens (tertiary/aromatic N) is 4. The maximum Gasteiger partial charge on any atom is 0.303 e. The number of carboxylic acid groups (broad SMARTS) is 1. The lowest BCUT2D eigenvalue weighted by molar-refractivity contribution is -0.143. The molecule has 3 aliphatic rings. The molecule has 0 aromatic heterocycles. The van der Waals surface area contributed by atoms with Crippen molar-refractivity contribution in [3.8, 4) is 0 Å². The zero-order valence-corrected chi connectivity index (χ0v) is 20.1. The number of amides is 2. The van der Waals surface area contributed by atoms with Crippen molar-refractivity contribution in [2.75, 3.05) is 52.4 Å². The second kappa shape index (κ2) is 11.8. The number of hydrogen-bond acceptors (Lipinski definition) is 5. The molecule has 0 saturated carbocycles. The minimum Gasteiger partial charge on any atom is -0.481 e. The molecule has 34 heavy (non-hydrogen) atoms. The third kappa shape index (κ3) is 6.57. The lowest BCUT2D eigenvalue weighted by Gasteiger charge is -2.43. The van der Waals surface area contributed by atoms with Crippen molar-refractivity contribution in [1.29, 1.82) is 0 Å². The van der Waals surface area contributed by atoms with E-state index in [4.69, 9.17) is 5.11 Å². The monoisotopic (exact) mass is 470 g/mol. The van der Waals surface area contributed by atoms with Crippen molar-refractivity contribution in [3.05, 3.63) is 35.9 Å². The molecule has 3 fully saturated rings. The van der Waals surface area contributed by atoms with E-state index in [0.29, 0.717) is 32.0 Å². The fourth-order valence-electron chi connectivity index (χ4n) is 5.60. The van der Waals surface area contributed by atoms with Crippen molar-refractivity contribution >= 4 is 17.8 Å². The molecular weight excluding hydrogens is 432 g/mol. The number of rotatable bonds is 7. The summed E-state index contributed by atoms with van der Waals surface area (Å²) in [6, 6.07) is 11.3. The van der Waals surface area contributed by atoms with Gasteiger partial charge in [0.05, 0.1) is 6.42 Å². The highest BCUT2D eigenvalue weighted by Gasteiger charge is 2.33. The Hall–Kier alpha value is -2.45. The standard InChI is InChI=1S/C26H38N4O4/c31-24(6-7-25(32)33)29-14-8-22(9-15-29)26(34)30-18-16-28(17-19-30)23-10-12-27(13-11-23)20-21-4-2-1-3-5-21/h1-5,22-23H,6-20H2,(H,32,33). The number of likely N-dealkylation sites (tertiary alicyclic amines) is 2. The van der Waals surface area contributed by atoms with Gasteiger partial charge in [-0.1, -0.05) is 30.3 Å². The molecule has 1 aromatic carbocycles. The fraction of sp³-hybridized carbons (Fsp3) is 0.654. The predicted octanol–water partition coefficient (Wildman–Crippen LogP) is 1.90. The molecule has 186 valence electrons. The van der Waals surface area contributed by atoms with E-state index in [0.717, 1.165) is 45.8 Å². The summed E-state index contributed by atoms with van der Waals surface area (Å²) in [5.41, 5.74) is 1.38. The van der Waals surface area contributed by atoms with E-state index in [1.807, 2.05) is 4.90 Å². The molecular formula is C26H38N4O4. The highest BCUT2D eigenvalue weighted by atomic mass is 16.4. The third-order valence-electron chi connectivity index (χ3n) is 7.70. The largest absolute Gasteiger partial charge is 0.481 e. The van der Waals surface area contributed by atoms with Crippen LogP contribution in [0.2, 0.25) is 0 Å². The van der Waals surface area contributed by atoms with Crippen LogP contribution in [0.4, 0.5) is 0 Å². The van der Waals surface area contributed by atoms with Crippen molar-refractivity contribution in [1.82, 2.24) is 19.6 Å². The van der Waals surface area contributed by atoms with Gasteiger partial charge in [0.2, 0.25) is 11.8 Å². The van der Waals surface area contributed by atoms with Crippen LogP contribution in [0.25, 0.3) is 0 Å². The van der Waals surface area contributed by atoms with Gasteiger partial charge in [0, 0.05) is 64.2 Å². The number of carbonyl (C=O) groups is 3. The van der Waals surface area contributed by atoms with Crippen LogP contribution in [0.1, 0.15) is 44.1 Å². The lowest BCUT2D eigenvalue weighted by Crippen LogP contribution is -2.55. The number of carboxylic acids is 1. The molecule has 0 unspecified atom stereocenters. The molecule has 3 heterocycles.